The van der Waals surface area contributed by atoms with Gasteiger partial charge < -0.3 is 10.1 Å². The summed E-state index contributed by atoms with van der Waals surface area (Å²) in [6.45, 7) is 3.80. The minimum atomic E-state index is -0.338. The van der Waals surface area contributed by atoms with E-state index in [1.165, 1.54) is 12.3 Å². The van der Waals surface area contributed by atoms with Gasteiger partial charge in [0.1, 0.15) is 17.7 Å². The third-order valence-electron chi connectivity index (χ3n) is 3.96. The predicted octanol–water partition coefficient (Wildman–Crippen LogP) is 3.91. The molecule has 0 saturated carbocycles. The Morgan fingerprint density at radius 1 is 1.36 bits per heavy atom. The van der Waals surface area contributed by atoms with Gasteiger partial charge in [0.05, 0.1) is 11.9 Å². The fraction of sp³-hybridized carbons (Fsp3) is 0.353. The van der Waals surface area contributed by atoms with Crippen molar-refractivity contribution in [2.75, 3.05) is 13.1 Å². The van der Waals surface area contributed by atoms with Crippen LogP contribution in [0.1, 0.15) is 23.8 Å². The number of aryl methyl sites for hydroxylation is 1. The molecule has 2 aromatic rings. The first kappa shape index (κ1) is 15.3. The molecule has 0 radical (unpaired) electrons. The number of hydrogen-bond acceptors (Lipinski definition) is 3. The number of halogens is 2. The quantitative estimate of drug-likeness (QED) is 0.927. The molecule has 116 valence electrons. The monoisotopic (exact) mass is 320 g/mol. The predicted molar refractivity (Wildman–Crippen MR) is 84.7 cm³/mol. The summed E-state index contributed by atoms with van der Waals surface area (Å²) in [6, 6.07) is 8.68. The lowest BCUT2D eigenvalue weighted by atomic mass is 9.98. The van der Waals surface area contributed by atoms with Crippen molar-refractivity contribution >= 4 is 11.6 Å². The lowest BCUT2D eigenvalue weighted by molar-refractivity contribution is 0.139. The molecule has 1 aromatic carbocycles. The molecule has 1 aromatic heterocycles. The van der Waals surface area contributed by atoms with Gasteiger partial charge in [-0.2, -0.15) is 0 Å². The van der Waals surface area contributed by atoms with Crippen LogP contribution in [0, 0.1) is 18.7 Å². The van der Waals surface area contributed by atoms with Gasteiger partial charge in [-0.1, -0.05) is 11.6 Å². The summed E-state index contributed by atoms with van der Waals surface area (Å²) >= 11 is 6.00. The van der Waals surface area contributed by atoms with Crippen molar-refractivity contribution in [1.82, 2.24) is 10.3 Å². The second-order valence-electron chi connectivity index (χ2n) is 5.60. The van der Waals surface area contributed by atoms with E-state index in [4.69, 9.17) is 16.3 Å². The minimum Gasteiger partial charge on any atom is -0.484 e. The minimum absolute atomic E-state index is 0.199. The second-order valence-corrected chi connectivity index (χ2v) is 6.04. The maximum atomic E-state index is 13.1. The van der Waals surface area contributed by atoms with Gasteiger partial charge >= 0.3 is 0 Å². The van der Waals surface area contributed by atoms with Gasteiger partial charge in [0, 0.05) is 17.5 Å². The van der Waals surface area contributed by atoms with Crippen LogP contribution in [0.3, 0.4) is 0 Å². The Morgan fingerprint density at radius 2 is 2.23 bits per heavy atom. The Bertz CT molecular complexity index is 642. The summed E-state index contributed by atoms with van der Waals surface area (Å²) in [7, 11) is 0. The van der Waals surface area contributed by atoms with Gasteiger partial charge in [0.2, 0.25) is 0 Å². The van der Waals surface area contributed by atoms with Crippen LogP contribution in [0.4, 0.5) is 4.39 Å². The molecule has 1 fully saturated rings. The number of benzene rings is 1. The van der Waals surface area contributed by atoms with Crippen molar-refractivity contribution in [3.8, 4) is 5.75 Å². The van der Waals surface area contributed by atoms with Gasteiger partial charge in [-0.15, -0.1) is 0 Å². The van der Waals surface area contributed by atoms with Gasteiger partial charge in [-0.05, 0) is 55.8 Å². The average molecular weight is 321 g/mol. The molecule has 22 heavy (non-hydrogen) atoms. The van der Waals surface area contributed by atoms with Gasteiger partial charge in [0.25, 0.3) is 0 Å². The Labute approximate surface area is 134 Å². The van der Waals surface area contributed by atoms with Gasteiger partial charge in [-0.3, -0.25) is 4.98 Å². The van der Waals surface area contributed by atoms with Crippen molar-refractivity contribution in [2.45, 2.75) is 19.4 Å². The van der Waals surface area contributed by atoms with E-state index in [0.717, 1.165) is 36.5 Å². The molecular formula is C17H18ClFN2O. The Balaban J connectivity index is 1.89. The highest BCUT2D eigenvalue weighted by Gasteiger charge is 2.29. The summed E-state index contributed by atoms with van der Waals surface area (Å²) in [5.41, 5.74) is 1.73. The number of ether oxygens (including phenoxy) is 1. The Kier molecular flexibility index (Phi) is 4.60. The number of nitrogens with zero attached hydrogens (tertiary/aromatic N) is 1. The zero-order valence-corrected chi connectivity index (χ0v) is 13.1. The van der Waals surface area contributed by atoms with Crippen molar-refractivity contribution < 1.29 is 9.13 Å². The molecule has 1 aliphatic rings. The van der Waals surface area contributed by atoms with Crippen LogP contribution in [0.15, 0.2) is 36.5 Å². The molecule has 2 heterocycles. The van der Waals surface area contributed by atoms with E-state index in [0.29, 0.717) is 10.9 Å². The van der Waals surface area contributed by atoms with Crippen molar-refractivity contribution in [2.24, 2.45) is 5.92 Å². The number of aromatic nitrogens is 1. The van der Waals surface area contributed by atoms with E-state index in [9.17, 15) is 4.39 Å². The fourth-order valence-electron chi connectivity index (χ4n) is 2.77. The van der Waals surface area contributed by atoms with Crippen LogP contribution in [0.25, 0.3) is 0 Å². The highest BCUT2D eigenvalue weighted by atomic mass is 35.5. The first-order valence-electron chi connectivity index (χ1n) is 7.38. The van der Waals surface area contributed by atoms with E-state index < -0.39 is 0 Å². The Hall–Kier alpha value is -1.65. The summed E-state index contributed by atoms with van der Waals surface area (Å²) in [5.74, 6) is 0.759. The molecule has 3 nitrogen and oxygen atoms in total. The van der Waals surface area contributed by atoms with E-state index in [2.05, 4.69) is 10.3 Å². The van der Waals surface area contributed by atoms with Crippen LogP contribution < -0.4 is 10.1 Å². The SMILES string of the molecule is Cc1cc(Cl)ccc1O[C@H](c1ccc(F)cn1)[C@@H]1CCNC1. The molecule has 0 bridgehead atoms. The lowest BCUT2D eigenvalue weighted by Gasteiger charge is -2.25. The normalized spacial score (nSPS) is 19.1. The third kappa shape index (κ3) is 3.39. The largest absolute Gasteiger partial charge is 0.484 e. The molecular weight excluding hydrogens is 303 g/mol. The third-order valence-corrected chi connectivity index (χ3v) is 4.19. The summed E-state index contributed by atoms with van der Waals surface area (Å²) in [4.78, 5) is 4.21. The van der Waals surface area contributed by atoms with Crippen LogP contribution in [-0.4, -0.2) is 18.1 Å². The van der Waals surface area contributed by atoms with Crippen LogP contribution in [-0.2, 0) is 0 Å². The first-order valence-corrected chi connectivity index (χ1v) is 7.76. The van der Waals surface area contributed by atoms with Gasteiger partial charge in [0.15, 0.2) is 0 Å². The molecule has 1 N–H and O–H groups in total. The molecule has 3 rings (SSSR count). The average Bonchev–Trinajstić information content (AvgIpc) is 3.02. The second kappa shape index (κ2) is 6.63. The molecule has 1 saturated heterocycles. The maximum Gasteiger partial charge on any atom is 0.145 e. The zero-order valence-electron chi connectivity index (χ0n) is 12.4. The van der Waals surface area contributed by atoms with Crippen LogP contribution in [0.2, 0.25) is 5.02 Å². The lowest BCUT2D eigenvalue weighted by Crippen LogP contribution is -2.22. The number of hydrogen-bond donors (Lipinski definition) is 1. The number of pyridine rings is 1. The Morgan fingerprint density at radius 3 is 2.86 bits per heavy atom. The van der Waals surface area contributed by atoms with Gasteiger partial charge in [-0.25, -0.2) is 4.39 Å². The molecule has 5 heteroatoms. The first-order chi connectivity index (χ1) is 10.6. The molecule has 0 spiro atoms. The summed E-state index contributed by atoms with van der Waals surface area (Å²) in [5, 5.41) is 4.02. The van der Waals surface area contributed by atoms with E-state index in [1.807, 2.05) is 25.1 Å². The summed E-state index contributed by atoms with van der Waals surface area (Å²) in [6.07, 6.45) is 2.05. The molecule has 0 unspecified atom stereocenters. The van der Waals surface area contributed by atoms with Crippen LogP contribution >= 0.6 is 11.6 Å². The van der Waals surface area contributed by atoms with E-state index in [1.54, 1.807) is 6.07 Å². The van der Waals surface area contributed by atoms with Crippen molar-refractivity contribution in [3.05, 3.63) is 58.6 Å². The summed E-state index contributed by atoms with van der Waals surface area (Å²) < 4.78 is 19.4. The van der Waals surface area contributed by atoms with Crippen LogP contribution in [0.5, 0.6) is 5.75 Å². The molecule has 1 aliphatic heterocycles. The molecule has 2 atom stereocenters. The van der Waals surface area contributed by atoms with E-state index >= 15 is 0 Å². The zero-order chi connectivity index (χ0) is 15.5. The number of rotatable bonds is 4. The fourth-order valence-corrected chi connectivity index (χ4v) is 3.00. The van der Waals surface area contributed by atoms with Crippen molar-refractivity contribution in [3.63, 3.8) is 0 Å². The smallest absolute Gasteiger partial charge is 0.145 e. The van der Waals surface area contributed by atoms with Crippen molar-refractivity contribution in [1.29, 1.82) is 0 Å². The maximum absolute atomic E-state index is 13.1. The highest BCUT2D eigenvalue weighted by molar-refractivity contribution is 6.30. The van der Waals surface area contributed by atoms with E-state index in [-0.39, 0.29) is 11.9 Å². The highest BCUT2D eigenvalue weighted by Crippen LogP contribution is 2.33. The standard InChI is InChI=1S/C17H18ClFN2O/c1-11-8-13(18)2-5-16(11)22-17(12-6-7-20-9-12)15-4-3-14(19)10-21-15/h2-5,8,10,12,17,20H,6-7,9H2,1H3/t12-,17+/m1/s1. The molecule has 0 amide bonds. The molecule has 0 aliphatic carbocycles. The topological polar surface area (TPSA) is 34.1 Å². The number of nitrogens with one attached hydrogen (secondary N) is 1.